The number of nitrogens with zero attached hydrogens (tertiary/aromatic N) is 2. The van der Waals surface area contributed by atoms with Crippen LogP contribution in [0.2, 0.25) is 0 Å². The van der Waals surface area contributed by atoms with Crippen LogP contribution in [0.25, 0.3) is 0 Å². The number of aliphatic hydroxyl groups excluding tert-OH is 1. The Morgan fingerprint density at radius 2 is 0.693 bits per heavy atom. The normalized spacial score (nSPS) is 15.2. The summed E-state index contributed by atoms with van der Waals surface area (Å²) in [5.41, 5.74) is 17.6. The summed E-state index contributed by atoms with van der Waals surface area (Å²) in [4.78, 5) is 299. The lowest BCUT2D eigenvalue weighted by Crippen LogP contribution is -2.61. The van der Waals surface area contributed by atoms with Gasteiger partial charge in [0.1, 0.15) is 96.4 Å². The van der Waals surface area contributed by atoms with Gasteiger partial charge < -0.3 is 138 Å². The number of hydrogen-bond acceptors (Lipinski definition) is 26. The molecule has 49 nitrogen and oxygen atoms in total. The van der Waals surface area contributed by atoms with Crippen molar-refractivity contribution in [1.29, 1.82) is 0 Å². The number of aromatic amines is 2. The molecule has 0 fully saturated rings. The molecule has 0 aliphatic heterocycles. The summed E-state index contributed by atoms with van der Waals surface area (Å²) in [6.07, 6.45) is 1.32. The number of primary amides is 2. The number of rotatable bonds is 61. The van der Waals surface area contributed by atoms with Crippen LogP contribution in [0, 0.1) is 35.5 Å². The number of carboxylic acid groups (broad SMARTS) is 1. The van der Waals surface area contributed by atoms with Crippen LogP contribution in [0.15, 0.2) is 49.3 Å². The van der Waals surface area contributed by atoms with Gasteiger partial charge in [-0.05, 0) is 126 Å². The minimum absolute atomic E-state index is 0.0298. The first-order chi connectivity index (χ1) is 64.1. The maximum Gasteiger partial charge on any atom is 0.303 e. The molecule has 0 bridgehead atoms. The second kappa shape index (κ2) is 58.5. The molecule has 0 saturated carbocycles. The molecule has 2 heterocycles. The number of amides is 20. The number of aliphatic hydroxyl groups is 1. The number of aromatic hydroxyl groups is 1. The van der Waals surface area contributed by atoms with E-state index >= 15 is 0 Å². The second-order valence-corrected chi connectivity index (χ2v) is 36.1. The van der Waals surface area contributed by atoms with Crippen molar-refractivity contribution in [2.75, 3.05) is 19.6 Å². The monoisotopic (exact) mass is 1930 g/mol. The number of benzene rings is 1. The fourth-order valence-corrected chi connectivity index (χ4v) is 13.6. The molecule has 762 valence electrons. The highest BCUT2D eigenvalue weighted by Crippen LogP contribution is 2.18. The van der Waals surface area contributed by atoms with Crippen LogP contribution in [0.4, 0.5) is 0 Å². The Morgan fingerprint density at radius 1 is 0.358 bits per heavy atom. The molecule has 0 aliphatic carbocycles. The fraction of sp³-hybridized carbons (Fsp3) is 0.625. The minimum atomic E-state index is -1.83. The summed E-state index contributed by atoms with van der Waals surface area (Å²) in [5.74, 6) is -22.0. The van der Waals surface area contributed by atoms with Crippen LogP contribution < -0.4 is 113 Å². The van der Waals surface area contributed by atoms with Gasteiger partial charge in [-0.2, -0.15) is 0 Å². The Labute approximate surface area is 794 Å². The number of aliphatic carboxylic acids is 1. The van der Waals surface area contributed by atoms with E-state index in [4.69, 9.17) is 17.2 Å². The second-order valence-electron chi connectivity index (χ2n) is 36.1. The van der Waals surface area contributed by atoms with Gasteiger partial charge in [0.05, 0.1) is 62.2 Å². The largest absolute Gasteiger partial charge is 0.508 e. The van der Waals surface area contributed by atoms with Crippen molar-refractivity contribution in [3.8, 4) is 5.75 Å². The molecule has 29 N–H and O–H groups in total. The third-order valence-corrected chi connectivity index (χ3v) is 21.1. The van der Waals surface area contributed by atoms with Gasteiger partial charge in [-0.3, -0.25) is 101 Å². The topological polar surface area (TPSA) is 771 Å². The predicted molar refractivity (Wildman–Crippen MR) is 493 cm³/mol. The van der Waals surface area contributed by atoms with Crippen molar-refractivity contribution < 1.29 is 116 Å². The highest BCUT2D eigenvalue weighted by molar-refractivity contribution is 6.02. The molecule has 0 saturated heterocycles. The van der Waals surface area contributed by atoms with Gasteiger partial charge in [-0.15, -0.1) is 0 Å². The zero-order valence-corrected chi connectivity index (χ0v) is 80.5. The standard InChI is InChI=1S/C88H141N25O24/c1-18-46(12)71(87(136)111-61(29-45(10)11)86(135)113-72(51(17)114)88(137)104-57(73(91)122)25-41(2)3)112-69(119)38-95-76(125)49(15)100-77(126)50(16)101-80(129)64(32-54-35-93-40-98-54)110-85(134)65(33-66(90)116)102-68(118)37-94-75(124)48(14)99-67(117)36-96-78(127)63(31-53-34-92-39-97-53)109-83(132)60(28-44(8)9)107-82(131)59(27-43(6)7)106-79(128)56(23-24-70(120)121)103-84(133)62(30-52-19-21-55(115)22-20-52)108-81(130)58(26-42(4)5)105-74(123)47(13)89/h19-22,34-35,39-51,56-65,71-72,114-115H,18,23-33,36-38,89H2,1-17H3,(H2,90,116)(H2,91,122)(H,92,97)(H,93,98)(H,94,124)(H,95,125)(H,96,127)(H,99,117)(H,100,126)(H,101,129)(H,102,118)(H,103,133)(H,104,137)(H,105,123)(H,106,128)(H,107,131)(H,108,130)(H,109,132)(H,110,134)(H,111,136)(H,112,119)(H,113,135)(H,120,121)/t46-,47-,48-,49-,50-,51+,56-,57-,58-,59-,60-,61-,62-,63-,64-,65-,71-,72-/m0/s1. The molecule has 3 rings (SSSR count). The molecular weight excluding hydrogens is 1790 g/mol. The Morgan fingerprint density at radius 3 is 1.11 bits per heavy atom. The lowest BCUT2D eigenvalue weighted by molar-refractivity contribution is -0.139. The highest BCUT2D eigenvalue weighted by atomic mass is 16.4. The lowest BCUT2D eigenvalue weighted by Gasteiger charge is -2.29. The third kappa shape index (κ3) is 44.1. The molecule has 0 radical (unpaired) electrons. The van der Waals surface area contributed by atoms with Gasteiger partial charge in [0, 0.05) is 38.1 Å². The number of carbonyl (C=O) groups is 21. The maximum atomic E-state index is 14.5. The summed E-state index contributed by atoms with van der Waals surface area (Å²) in [5, 5.41) is 74.8. The number of hydrogen-bond donors (Lipinski definition) is 26. The van der Waals surface area contributed by atoms with Crippen LogP contribution >= 0.6 is 0 Å². The van der Waals surface area contributed by atoms with E-state index in [0.29, 0.717) is 12.0 Å². The fourth-order valence-electron chi connectivity index (χ4n) is 13.6. The van der Waals surface area contributed by atoms with E-state index in [1.165, 1.54) is 83.9 Å². The van der Waals surface area contributed by atoms with E-state index < -0.39 is 272 Å². The van der Waals surface area contributed by atoms with Gasteiger partial charge in [0.15, 0.2) is 0 Å². The number of aromatic nitrogens is 4. The maximum absolute atomic E-state index is 14.5. The van der Waals surface area contributed by atoms with Crippen LogP contribution in [-0.4, -0.2) is 282 Å². The Kier molecular flexibility index (Phi) is 50.1. The van der Waals surface area contributed by atoms with Crippen molar-refractivity contribution in [1.82, 2.24) is 116 Å². The number of carboxylic acids is 1. The molecule has 0 aliphatic rings. The average molecular weight is 1930 g/mol. The predicted octanol–water partition coefficient (Wildman–Crippen LogP) is -6.22. The van der Waals surface area contributed by atoms with Crippen molar-refractivity contribution in [3.63, 3.8) is 0 Å². The van der Waals surface area contributed by atoms with Gasteiger partial charge >= 0.3 is 5.97 Å². The zero-order valence-electron chi connectivity index (χ0n) is 80.5. The minimum Gasteiger partial charge on any atom is -0.508 e. The summed E-state index contributed by atoms with van der Waals surface area (Å²) in [6, 6.07) is -17.2. The quantitative estimate of drug-likeness (QED) is 0.0250. The molecule has 3 aromatic rings. The van der Waals surface area contributed by atoms with Crippen LogP contribution in [0.1, 0.15) is 192 Å². The number of phenols is 1. The van der Waals surface area contributed by atoms with E-state index in [0.717, 1.165) is 0 Å². The van der Waals surface area contributed by atoms with Crippen molar-refractivity contribution in [2.45, 2.75) is 298 Å². The van der Waals surface area contributed by atoms with Gasteiger partial charge in [0.25, 0.3) is 0 Å². The van der Waals surface area contributed by atoms with Crippen molar-refractivity contribution >= 4 is 124 Å². The lowest BCUT2D eigenvalue weighted by atomic mass is 9.96. The number of nitrogens with one attached hydrogen (secondary N) is 20. The molecule has 0 unspecified atom stereocenters. The molecule has 137 heavy (non-hydrogen) atoms. The zero-order chi connectivity index (χ0) is 104. The number of nitrogens with two attached hydrogens (primary N) is 3. The number of imidazole rings is 2. The molecule has 2 aromatic heterocycles. The van der Waals surface area contributed by atoms with E-state index in [2.05, 4.69) is 116 Å². The smallest absolute Gasteiger partial charge is 0.303 e. The highest BCUT2D eigenvalue weighted by Gasteiger charge is 2.40. The molecular formula is C88H141N25O24. The SMILES string of the molecule is CC[C@H](C)[C@H](NC(=O)CNC(=O)[C@H](C)NC(=O)[C@H](C)NC(=O)[C@H](Cc1c[nH]cn1)NC(=O)[C@H](CC(N)=O)NC(=O)CNC(=O)[C@H](C)NC(=O)CNC(=O)[C@H](Cc1c[nH]cn1)NC(=O)[C@H](CC(C)C)NC(=O)[C@H](CC(C)C)NC(=O)[C@H](CCC(=O)O)NC(=O)[C@H](Cc1ccc(O)cc1)NC(=O)[C@H](CC(C)C)NC(=O)[C@H](C)N)C(=O)N[C@@H](CC(C)C)C(=O)N[C@H](C(=O)N[C@@H](CC(C)C)C(N)=O)[C@@H](C)O. The average Bonchev–Trinajstić information content (AvgIpc) is 1.48. The van der Waals surface area contributed by atoms with Crippen molar-refractivity contribution in [2.24, 2.45) is 52.7 Å². The molecule has 0 spiro atoms. The first kappa shape index (κ1) is 117. The van der Waals surface area contributed by atoms with Crippen LogP contribution in [-0.2, 0) is 120 Å². The van der Waals surface area contributed by atoms with E-state index in [9.17, 15) is 116 Å². The first-order valence-electron chi connectivity index (χ1n) is 45.4. The molecule has 1 aromatic carbocycles. The number of phenolic OH excluding ortho intramolecular Hbond substituents is 1. The van der Waals surface area contributed by atoms with E-state index in [-0.39, 0.29) is 98.1 Å². The summed E-state index contributed by atoms with van der Waals surface area (Å²) >= 11 is 0. The Bertz CT molecular complexity index is 4590. The van der Waals surface area contributed by atoms with Crippen molar-refractivity contribution in [3.05, 3.63) is 66.3 Å². The van der Waals surface area contributed by atoms with Gasteiger partial charge in [0.2, 0.25) is 118 Å². The van der Waals surface area contributed by atoms with Crippen LogP contribution in [0.5, 0.6) is 5.75 Å². The van der Waals surface area contributed by atoms with Gasteiger partial charge in [-0.1, -0.05) is 102 Å². The summed E-state index contributed by atoms with van der Waals surface area (Å²) < 4.78 is 0. The van der Waals surface area contributed by atoms with Crippen LogP contribution in [0.3, 0.4) is 0 Å². The number of H-pyrrole nitrogens is 2. The van der Waals surface area contributed by atoms with E-state index in [1.807, 2.05) is 0 Å². The van der Waals surface area contributed by atoms with Gasteiger partial charge in [-0.25, -0.2) is 9.97 Å². The Balaban J connectivity index is 1.71. The third-order valence-electron chi connectivity index (χ3n) is 21.1. The summed E-state index contributed by atoms with van der Waals surface area (Å²) in [6.45, 7) is 24.8. The molecule has 18 atom stereocenters. The number of carbonyl (C=O) groups excluding carboxylic acids is 20. The summed E-state index contributed by atoms with van der Waals surface area (Å²) in [7, 11) is 0. The molecule has 20 amide bonds. The first-order valence-corrected chi connectivity index (χ1v) is 45.4. The van der Waals surface area contributed by atoms with E-state index in [1.54, 1.807) is 83.1 Å². The molecule has 49 heteroatoms. The Hall–Kier alpha value is -13.8.